The Hall–Kier alpha value is -2.99. The molecule has 5 rings (SSSR count). The molecule has 0 aliphatic carbocycles. The van der Waals surface area contributed by atoms with Gasteiger partial charge >= 0.3 is 0 Å². The van der Waals surface area contributed by atoms with Crippen molar-refractivity contribution in [2.24, 2.45) is 0 Å². The molecule has 3 heterocycles. The standard InChI is InChI=1S/C20H19N5O/c1-14(20-21-16-9-5-6-10-17(16)26-20)24-11-12-25-18(13-24)22-23-19(25)15-7-3-2-4-8-15/h2-10,14H,11-13H2,1H3/t14-/m1/s1. The molecule has 0 unspecified atom stereocenters. The monoisotopic (exact) mass is 345 g/mol. The lowest BCUT2D eigenvalue weighted by atomic mass is 10.2. The molecule has 26 heavy (non-hydrogen) atoms. The Bertz CT molecular complexity index is 1020. The molecule has 2 aromatic carbocycles. The van der Waals surface area contributed by atoms with Gasteiger partial charge in [-0.25, -0.2) is 4.98 Å². The molecule has 6 heteroatoms. The first-order valence-electron chi connectivity index (χ1n) is 8.86. The van der Waals surface area contributed by atoms with Gasteiger partial charge in [-0.2, -0.15) is 0 Å². The van der Waals surface area contributed by atoms with Crippen molar-refractivity contribution in [3.8, 4) is 11.4 Å². The van der Waals surface area contributed by atoms with Crippen LogP contribution >= 0.6 is 0 Å². The Morgan fingerprint density at radius 3 is 2.62 bits per heavy atom. The predicted octanol–water partition coefficient (Wildman–Crippen LogP) is 3.66. The molecule has 130 valence electrons. The maximum Gasteiger partial charge on any atom is 0.212 e. The van der Waals surface area contributed by atoms with Gasteiger partial charge in [0.2, 0.25) is 5.89 Å². The van der Waals surface area contributed by atoms with E-state index in [0.29, 0.717) is 0 Å². The summed E-state index contributed by atoms with van der Waals surface area (Å²) >= 11 is 0. The second-order valence-corrected chi connectivity index (χ2v) is 6.62. The van der Waals surface area contributed by atoms with Crippen LogP contribution in [0.3, 0.4) is 0 Å². The van der Waals surface area contributed by atoms with E-state index in [4.69, 9.17) is 4.42 Å². The highest BCUT2D eigenvalue weighted by Gasteiger charge is 2.27. The maximum absolute atomic E-state index is 5.95. The van der Waals surface area contributed by atoms with Crippen molar-refractivity contribution in [3.05, 3.63) is 66.3 Å². The lowest BCUT2D eigenvalue weighted by Crippen LogP contribution is -2.36. The quantitative estimate of drug-likeness (QED) is 0.567. The molecule has 0 amide bonds. The fourth-order valence-corrected chi connectivity index (χ4v) is 3.53. The predicted molar refractivity (Wildman–Crippen MR) is 98.3 cm³/mol. The molecule has 1 aliphatic heterocycles. The number of benzene rings is 2. The third-order valence-electron chi connectivity index (χ3n) is 5.03. The van der Waals surface area contributed by atoms with E-state index in [1.165, 1.54) is 0 Å². The minimum Gasteiger partial charge on any atom is -0.439 e. The third kappa shape index (κ3) is 2.50. The maximum atomic E-state index is 5.95. The molecule has 2 aromatic heterocycles. The van der Waals surface area contributed by atoms with Crippen LogP contribution < -0.4 is 0 Å². The highest BCUT2D eigenvalue weighted by molar-refractivity contribution is 5.72. The molecule has 0 saturated heterocycles. The number of oxazole rings is 1. The fraction of sp³-hybridized carbons (Fsp3) is 0.250. The van der Waals surface area contributed by atoms with E-state index in [-0.39, 0.29) is 6.04 Å². The average molecular weight is 345 g/mol. The summed E-state index contributed by atoms with van der Waals surface area (Å²) in [6.07, 6.45) is 0. The van der Waals surface area contributed by atoms with Gasteiger partial charge < -0.3 is 8.98 Å². The Morgan fingerprint density at radius 1 is 0.962 bits per heavy atom. The molecule has 0 spiro atoms. The van der Waals surface area contributed by atoms with Crippen LogP contribution in [0.2, 0.25) is 0 Å². The molecule has 0 fully saturated rings. The SMILES string of the molecule is C[C@H](c1nc2ccccc2o1)N1CCn2c(nnc2-c2ccccc2)C1. The summed E-state index contributed by atoms with van der Waals surface area (Å²) in [6.45, 7) is 4.64. The van der Waals surface area contributed by atoms with Crippen molar-refractivity contribution >= 4 is 11.1 Å². The first-order chi connectivity index (χ1) is 12.8. The lowest BCUT2D eigenvalue weighted by molar-refractivity contribution is 0.144. The Labute approximate surface area is 151 Å². The summed E-state index contributed by atoms with van der Waals surface area (Å²) in [5.41, 5.74) is 2.84. The van der Waals surface area contributed by atoms with Gasteiger partial charge in [-0.3, -0.25) is 4.90 Å². The van der Waals surface area contributed by atoms with E-state index in [9.17, 15) is 0 Å². The molecule has 0 N–H and O–H groups in total. The van der Waals surface area contributed by atoms with E-state index >= 15 is 0 Å². The van der Waals surface area contributed by atoms with Gasteiger partial charge in [-0.15, -0.1) is 10.2 Å². The van der Waals surface area contributed by atoms with E-state index in [0.717, 1.165) is 53.8 Å². The second-order valence-electron chi connectivity index (χ2n) is 6.62. The normalized spacial score (nSPS) is 15.9. The van der Waals surface area contributed by atoms with Crippen LogP contribution in [0.5, 0.6) is 0 Å². The molecular formula is C20H19N5O. The first-order valence-corrected chi connectivity index (χ1v) is 8.86. The van der Waals surface area contributed by atoms with Gasteiger partial charge in [-0.05, 0) is 19.1 Å². The van der Waals surface area contributed by atoms with Crippen LogP contribution in [0.25, 0.3) is 22.5 Å². The molecule has 0 bridgehead atoms. The number of para-hydroxylation sites is 2. The van der Waals surface area contributed by atoms with E-state index < -0.39 is 0 Å². The number of rotatable bonds is 3. The van der Waals surface area contributed by atoms with E-state index in [1.807, 2.05) is 42.5 Å². The molecule has 0 radical (unpaired) electrons. The summed E-state index contributed by atoms with van der Waals surface area (Å²) in [6, 6.07) is 18.2. The Balaban J connectivity index is 1.41. The molecule has 1 atom stereocenters. The van der Waals surface area contributed by atoms with Gasteiger partial charge in [0.15, 0.2) is 11.4 Å². The zero-order chi connectivity index (χ0) is 17.5. The minimum absolute atomic E-state index is 0.0908. The lowest BCUT2D eigenvalue weighted by Gasteiger charge is -2.31. The van der Waals surface area contributed by atoms with Gasteiger partial charge in [-0.1, -0.05) is 42.5 Å². The summed E-state index contributed by atoms with van der Waals surface area (Å²) in [4.78, 5) is 6.98. The number of hydrogen-bond donors (Lipinski definition) is 0. The van der Waals surface area contributed by atoms with E-state index in [1.54, 1.807) is 0 Å². The molecular weight excluding hydrogens is 326 g/mol. The van der Waals surface area contributed by atoms with Crippen LogP contribution in [-0.2, 0) is 13.1 Å². The van der Waals surface area contributed by atoms with Crippen molar-refractivity contribution in [3.63, 3.8) is 0 Å². The van der Waals surface area contributed by atoms with Crippen molar-refractivity contribution in [2.45, 2.75) is 26.1 Å². The largest absolute Gasteiger partial charge is 0.439 e. The Kier molecular flexibility index (Phi) is 3.57. The van der Waals surface area contributed by atoms with Crippen LogP contribution in [-0.4, -0.2) is 31.2 Å². The van der Waals surface area contributed by atoms with Crippen molar-refractivity contribution in [1.82, 2.24) is 24.6 Å². The summed E-state index contributed by atoms with van der Waals surface area (Å²) in [7, 11) is 0. The molecule has 6 nitrogen and oxygen atoms in total. The number of hydrogen-bond acceptors (Lipinski definition) is 5. The molecule has 4 aromatic rings. The average Bonchev–Trinajstić information content (AvgIpc) is 3.31. The smallest absolute Gasteiger partial charge is 0.212 e. The van der Waals surface area contributed by atoms with Crippen molar-refractivity contribution < 1.29 is 4.42 Å². The Morgan fingerprint density at radius 2 is 1.77 bits per heavy atom. The fourth-order valence-electron chi connectivity index (χ4n) is 3.53. The van der Waals surface area contributed by atoms with Crippen LogP contribution in [0.1, 0.15) is 24.7 Å². The van der Waals surface area contributed by atoms with Gasteiger partial charge in [0, 0.05) is 18.7 Å². The van der Waals surface area contributed by atoms with Crippen molar-refractivity contribution in [2.75, 3.05) is 6.54 Å². The van der Waals surface area contributed by atoms with Gasteiger partial charge in [0.05, 0.1) is 12.6 Å². The summed E-state index contributed by atoms with van der Waals surface area (Å²) in [5, 5.41) is 8.84. The molecule has 0 saturated carbocycles. The second kappa shape index (κ2) is 6.07. The van der Waals surface area contributed by atoms with Crippen LogP contribution in [0, 0.1) is 0 Å². The summed E-state index contributed by atoms with van der Waals surface area (Å²) in [5.74, 6) is 2.68. The van der Waals surface area contributed by atoms with Crippen LogP contribution in [0.15, 0.2) is 59.0 Å². The highest BCUT2D eigenvalue weighted by atomic mass is 16.3. The van der Waals surface area contributed by atoms with E-state index in [2.05, 4.69) is 43.7 Å². The zero-order valence-corrected chi connectivity index (χ0v) is 14.5. The van der Waals surface area contributed by atoms with Crippen LogP contribution in [0.4, 0.5) is 0 Å². The number of fused-ring (bicyclic) bond motifs is 2. The summed E-state index contributed by atoms with van der Waals surface area (Å²) < 4.78 is 8.16. The number of nitrogens with zero attached hydrogens (tertiary/aromatic N) is 5. The first kappa shape index (κ1) is 15.3. The third-order valence-corrected chi connectivity index (χ3v) is 5.03. The van der Waals surface area contributed by atoms with Crippen molar-refractivity contribution in [1.29, 1.82) is 0 Å². The number of aromatic nitrogens is 4. The van der Waals surface area contributed by atoms with Gasteiger partial charge in [0.1, 0.15) is 11.3 Å². The molecule has 1 aliphatic rings. The van der Waals surface area contributed by atoms with Gasteiger partial charge in [0.25, 0.3) is 0 Å². The highest BCUT2D eigenvalue weighted by Crippen LogP contribution is 2.28. The zero-order valence-electron chi connectivity index (χ0n) is 14.5. The topological polar surface area (TPSA) is 60.0 Å². The minimum atomic E-state index is 0.0908.